The fraction of sp³-hybridized carbons (Fsp3) is 1.00. The molecule has 2 fully saturated rings. The summed E-state index contributed by atoms with van der Waals surface area (Å²) in [5, 5.41) is 3.56. The Bertz CT molecular complexity index is 182. The topological polar surface area (TPSA) is 12.0 Å². The largest absolute Gasteiger partial charge is 0.317 e. The Kier molecular flexibility index (Phi) is 4.07. The zero-order chi connectivity index (χ0) is 10.7. The second kappa shape index (κ2) is 5.34. The number of hydrogen-bond donors (Lipinski definition) is 1. The standard InChI is InChI=1S/C14H27N/c1-11-7-9-12(10-8-11)13-5-3-4-6-14(13)15-2/h11-15H,3-10H2,1-2H3. The minimum absolute atomic E-state index is 0.831. The van der Waals surface area contributed by atoms with Crippen LogP contribution in [0.3, 0.4) is 0 Å². The maximum Gasteiger partial charge on any atom is 0.00949 e. The summed E-state index contributed by atoms with van der Waals surface area (Å²) >= 11 is 0. The van der Waals surface area contributed by atoms with Crippen molar-refractivity contribution in [2.45, 2.75) is 64.3 Å². The summed E-state index contributed by atoms with van der Waals surface area (Å²) < 4.78 is 0. The van der Waals surface area contributed by atoms with E-state index in [2.05, 4.69) is 19.3 Å². The van der Waals surface area contributed by atoms with Crippen molar-refractivity contribution >= 4 is 0 Å². The van der Waals surface area contributed by atoms with Crippen LogP contribution in [-0.4, -0.2) is 13.1 Å². The highest BCUT2D eigenvalue weighted by atomic mass is 14.9. The first-order valence-electron chi connectivity index (χ1n) is 6.98. The highest BCUT2D eigenvalue weighted by molar-refractivity contribution is 4.86. The van der Waals surface area contributed by atoms with Gasteiger partial charge in [0.15, 0.2) is 0 Å². The Labute approximate surface area is 95.0 Å². The van der Waals surface area contributed by atoms with Gasteiger partial charge in [-0.15, -0.1) is 0 Å². The molecule has 0 radical (unpaired) electrons. The molecular weight excluding hydrogens is 182 g/mol. The van der Waals surface area contributed by atoms with Crippen molar-refractivity contribution in [2.75, 3.05) is 7.05 Å². The van der Waals surface area contributed by atoms with Gasteiger partial charge in [-0.2, -0.15) is 0 Å². The molecule has 1 N–H and O–H groups in total. The van der Waals surface area contributed by atoms with Crippen LogP contribution >= 0.6 is 0 Å². The molecule has 0 saturated heterocycles. The first-order valence-corrected chi connectivity index (χ1v) is 6.98. The van der Waals surface area contributed by atoms with Gasteiger partial charge in [-0.3, -0.25) is 0 Å². The monoisotopic (exact) mass is 209 g/mol. The van der Waals surface area contributed by atoms with Gasteiger partial charge in [0.05, 0.1) is 0 Å². The zero-order valence-corrected chi connectivity index (χ0v) is 10.5. The molecule has 2 rings (SSSR count). The summed E-state index contributed by atoms with van der Waals surface area (Å²) in [4.78, 5) is 0. The smallest absolute Gasteiger partial charge is 0.00949 e. The fourth-order valence-corrected chi connectivity index (χ4v) is 3.80. The molecule has 88 valence electrons. The minimum Gasteiger partial charge on any atom is -0.317 e. The molecule has 0 aromatic carbocycles. The summed E-state index contributed by atoms with van der Waals surface area (Å²) in [6, 6.07) is 0.831. The molecule has 15 heavy (non-hydrogen) atoms. The lowest BCUT2D eigenvalue weighted by Crippen LogP contribution is -2.41. The predicted molar refractivity (Wildman–Crippen MR) is 65.9 cm³/mol. The van der Waals surface area contributed by atoms with Crippen molar-refractivity contribution < 1.29 is 0 Å². The molecule has 0 aromatic rings. The van der Waals surface area contributed by atoms with E-state index in [-0.39, 0.29) is 0 Å². The average Bonchev–Trinajstić information content (AvgIpc) is 2.30. The molecule has 2 atom stereocenters. The first kappa shape index (κ1) is 11.4. The van der Waals surface area contributed by atoms with Gasteiger partial charge in [-0.1, -0.05) is 32.6 Å². The SMILES string of the molecule is CNC1CCCCC1C1CCC(C)CC1. The Balaban J connectivity index is 1.90. The van der Waals surface area contributed by atoms with Gasteiger partial charge in [-0.25, -0.2) is 0 Å². The minimum atomic E-state index is 0.831. The van der Waals surface area contributed by atoms with Crippen LogP contribution in [0.25, 0.3) is 0 Å². The Hall–Kier alpha value is -0.0400. The average molecular weight is 209 g/mol. The Morgan fingerprint density at radius 2 is 1.53 bits per heavy atom. The Morgan fingerprint density at radius 3 is 2.20 bits per heavy atom. The number of nitrogens with one attached hydrogen (secondary N) is 1. The van der Waals surface area contributed by atoms with Crippen molar-refractivity contribution in [3.05, 3.63) is 0 Å². The Morgan fingerprint density at radius 1 is 0.867 bits per heavy atom. The maximum absolute atomic E-state index is 3.56. The van der Waals surface area contributed by atoms with Gasteiger partial charge in [-0.05, 0) is 50.5 Å². The molecule has 0 amide bonds. The van der Waals surface area contributed by atoms with Crippen LogP contribution in [0, 0.1) is 17.8 Å². The molecule has 2 aliphatic carbocycles. The van der Waals surface area contributed by atoms with Gasteiger partial charge < -0.3 is 5.32 Å². The second-order valence-corrected chi connectivity index (χ2v) is 5.86. The van der Waals surface area contributed by atoms with Crippen molar-refractivity contribution in [1.29, 1.82) is 0 Å². The lowest BCUT2D eigenvalue weighted by molar-refractivity contribution is 0.139. The molecule has 2 aliphatic rings. The van der Waals surface area contributed by atoms with Crippen molar-refractivity contribution in [3.63, 3.8) is 0 Å². The zero-order valence-electron chi connectivity index (χ0n) is 10.5. The van der Waals surface area contributed by atoms with Crippen molar-refractivity contribution in [3.8, 4) is 0 Å². The van der Waals surface area contributed by atoms with Crippen LogP contribution in [0.4, 0.5) is 0 Å². The summed E-state index contributed by atoms with van der Waals surface area (Å²) in [5.41, 5.74) is 0. The van der Waals surface area contributed by atoms with Crippen LogP contribution in [0.15, 0.2) is 0 Å². The van der Waals surface area contributed by atoms with Gasteiger partial charge in [0, 0.05) is 6.04 Å². The van der Waals surface area contributed by atoms with Crippen molar-refractivity contribution in [2.24, 2.45) is 17.8 Å². The predicted octanol–water partition coefficient (Wildman–Crippen LogP) is 3.59. The molecule has 0 heterocycles. The molecule has 0 aromatic heterocycles. The lowest BCUT2D eigenvalue weighted by atomic mass is 9.69. The van der Waals surface area contributed by atoms with Crippen LogP contribution in [0.5, 0.6) is 0 Å². The molecule has 0 spiro atoms. The van der Waals surface area contributed by atoms with E-state index < -0.39 is 0 Å². The van der Waals surface area contributed by atoms with Crippen LogP contribution in [0.2, 0.25) is 0 Å². The van der Waals surface area contributed by atoms with Crippen LogP contribution < -0.4 is 5.32 Å². The third-order valence-corrected chi connectivity index (χ3v) is 4.86. The van der Waals surface area contributed by atoms with Gasteiger partial charge in [0.2, 0.25) is 0 Å². The molecule has 1 nitrogen and oxygen atoms in total. The number of hydrogen-bond acceptors (Lipinski definition) is 1. The van der Waals surface area contributed by atoms with E-state index in [9.17, 15) is 0 Å². The molecule has 2 unspecified atom stereocenters. The van der Waals surface area contributed by atoms with Gasteiger partial charge in [0.1, 0.15) is 0 Å². The normalized spacial score (nSPS) is 42.8. The van der Waals surface area contributed by atoms with Gasteiger partial charge >= 0.3 is 0 Å². The summed E-state index contributed by atoms with van der Waals surface area (Å²) in [5.74, 6) is 3.04. The first-order chi connectivity index (χ1) is 7.31. The van der Waals surface area contributed by atoms with Crippen LogP contribution in [-0.2, 0) is 0 Å². The fourth-order valence-electron chi connectivity index (χ4n) is 3.80. The van der Waals surface area contributed by atoms with Crippen LogP contribution in [0.1, 0.15) is 58.3 Å². The highest BCUT2D eigenvalue weighted by Gasteiger charge is 2.32. The summed E-state index contributed by atoms with van der Waals surface area (Å²) in [7, 11) is 2.16. The lowest BCUT2D eigenvalue weighted by Gasteiger charge is -2.40. The van der Waals surface area contributed by atoms with E-state index in [1.165, 1.54) is 51.4 Å². The van der Waals surface area contributed by atoms with E-state index in [0.717, 1.165) is 23.8 Å². The molecule has 0 aliphatic heterocycles. The third kappa shape index (κ3) is 2.75. The maximum atomic E-state index is 3.56. The molecule has 2 saturated carbocycles. The van der Waals surface area contributed by atoms with E-state index >= 15 is 0 Å². The van der Waals surface area contributed by atoms with Crippen molar-refractivity contribution in [1.82, 2.24) is 5.32 Å². The van der Waals surface area contributed by atoms with E-state index in [4.69, 9.17) is 0 Å². The molecule has 1 heteroatoms. The van der Waals surface area contributed by atoms with E-state index in [0.29, 0.717) is 0 Å². The third-order valence-electron chi connectivity index (χ3n) is 4.86. The molecule has 0 bridgehead atoms. The summed E-state index contributed by atoms with van der Waals surface area (Å²) in [6.07, 6.45) is 11.8. The highest BCUT2D eigenvalue weighted by Crippen LogP contribution is 2.39. The van der Waals surface area contributed by atoms with E-state index in [1.807, 2.05) is 0 Å². The second-order valence-electron chi connectivity index (χ2n) is 5.86. The molecular formula is C14H27N. The number of rotatable bonds is 2. The quantitative estimate of drug-likeness (QED) is 0.733. The summed E-state index contributed by atoms with van der Waals surface area (Å²) in [6.45, 7) is 2.42. The van der Waals surface area contributed by atoms with Gasteiger partial charge in [0.25, 0.3) is 0 Å². The van der Waals surface area contributed by atoms with E-state index in [1.54, 1.807) is 0 Å².